The first-order valence-electron chi connectivity index (χ1n) is 5.36. The molecule has 1 aliphatic rings. The van der Waals surface area contributed by atoms with Crippen LogP contribution < -0.4 is 10.1 Å². The minimum absolute atomic E-state index is 0.0437. The molecule has 4 heteroatoms. The van der Waals surface area contributed by atoms with E-state index in [4.69, 9.17) is 16.3 Å². The Hall–Kier alpha value is -1.22. The normalized spacial score (nSPS) is 14.6. The van der Waals surface area contributed by atoms with Crippen molar-refractivity contribution in [3.63, 3.8) is 0 Å². The van der Waals surface area contributed by atoms with Gasteiger partial charge in [-0.3, -0.25) is 4.79 Å². The van der Waals surface area contributed by atoms with Crippen molar-refractivity contribution in [1.82, 2.24) is 5.32 Å². The van der Waals surface area contributed by atoms with Crippen LogP contribution in [0.3, 0.4) is 0 Å². The van der Waals surface area contributed by atoms with Gasteiger partial charge < -0.3 is 10.1 Å². The molecule has 1 aromatic carbocycles. The Morgan fingerprint density at radius 2 is 2.19 bits per heavy atom. The zero-order chi connectivity index (χ0) is 11.7. The first-order valence-corrected chi connectivity index (χ1v) is 5.73. The van der Waals surface area contributed by atoms with E-state index in [9.17, 15) is 4.79 Å². The van der Waals surface area contributed by atoms with Gasteiger partial charge in [0.05, 0.1) is 16.7 Å². The number of hydrogen-bond donors (Lipinski definition) is 1. The minimum atomic E-state index is -0.111. The number of amides is 1. The van der Waals surface area contributed by atoms with Gasteiger partial charge in [0.15, 0.2) is 0 Å². The number of fused-ring (bicyclic) bond motifs is 1. The fraction of sp³-hybridized carbons (Fsp3) is 0.417. The van der Waals surface area contributed by atoms with E-state index in [2.05, 4.69) is 5.32 Å². The highest BCUT2D eigenvalue weighted by Crippen LogP contribution is 2.32. The lowest BCUT2D eigenvalue weighted by Crippen LogP contribution is -2.32. The predicted molar refractivity (Wildman–Crippen MR) is 63.3 cm³/mol. The van der Waals surface area contributed by atoms with E-state index >= 15 is 0 Å². The van der Waals surface area contributed by atoms with Crippen molar-refractivity contribution < 1.29 is 9.53 Å². The molecule has 0 fully saturated rings. The molecule has 16 heavy (non-hydrogen) atoms. The van der Waals surface area contributed by atoms with E-state index in [0.717, 1.165) is 12.0 Å². The molecule has 0 aromatic heterocycles. The molecule has 2 rings (SSSR count). The van der Waals surface area contributed by atoms with Gasteiger partial charge in [-0.1, -0.05) is 17.7 Å². The summed E-state index contributed by atoms with van der Waals surface area (Å²) in [6, 6.07) is 3.75. The molecular weight excluding hydrogens is 226 g/mol. The number of benzene rings is 1. The highest BCUT2D eigenvalue weighted by molar-refractivity contribution is 6.35. The molecule has 1 amide bonds. The van der Waals surface area contributed by atoms with Crippen molar-refractivity contribution in [3.8, 4) is 5.75 Å². The van der Waals surface area contributed by atoms with E-state index in [1.54, 1.807) is 0 Å². The predicted octanol–water partition coefficient (Wildman–Crippen LogP) is 2.41. The average Bonchev–Trinajstić information content (AvgIpc) is 2.22. The largest absolute Gasteiger partial charge is 0.489 e. The summed E-state index contributed by atoms with van der Waals surface area (Å²) in [6.45, 7) is 4.53. The lowest BCUT2D eigenvalue weighted by molar-refractivity contribution is 0.0945. The maximum absolute atomic E-state index is 11.7. The minimum Gasteiger partial charge on any atom is -0.489 e. The lowest BCUT2D eigenvalue weighted by Gasteiger charge is -2.20. The van der Waals surface area contributed by atoms with Gasteiger partial charge in [0.2, 0.25) is 0 Å². The molecule has 1 heterocycles. The van der Waals surface area contributed by atoms with Crippen molar-refractivity contribution >= 4 is 17.5 Å². The topological polar surface area (TPSA) is 38.3 Å². The maximum Gasteiger partial charge on any atom is 0.253 e. The molecule has 0 saturated carbocycles. The molecule has 0 radical (unpaired) electrons. The Kier molecular flexibility index (Phi) is 3.06. The van der Waals surface area contributed by atoms with Gasteiger partial charge in [0.25, 0.3) is 5.91 Å². The summed E-state index contributed by atoms with van der Waals surface area (Å²) in [5.41, 5.74) is 1.55. The van der Waals surface area contributed by atoms with E-state index < -0.39 is 0 Å². The van der Waals surface area contributed by atoms with Crippen molar-refractivity contribution in [2.45, 2.75) is 26.4 Å². The van der Waals surface area contributed by atoms with Gasteiger partial charge >= 0.3 is 0 Å². The smallest absolute Gasteiger partial charge is 0.253 e. The summed E-state index contributed by atoms with van der Waals surface area (Å²) in [7, 11) is 0. The molecule has 0 unspecified atom stereocenters. The number of rotatable bonds is 2. The Morgan fingerprint density at radius 1 is 1.44 bits per heavy atom. The third kappa shape index (κ3) is 2.00. The SMILES string of the molecule is CC(C)Oc1ccc2c(c1Cl)C(=O)NCC2. The summed E-state index contributed by atoms with van der Waals surface area (Å²) < 4.78 is 5.55. The third-order valence-corrected chi connectivity index (χ3v) is 2.84. The number of carbonyl (C=O) groups is 1. The standard InChI is InChI=1S/C12H14ClNO2/c1-7(2)16-9-4-3-8-5-6-14-12(15)10(8)11(9)13/h3-4,7H,5-6H2,1-2H3,(H,14,15). The number of carbonyl (C=O) groups excluding carboxylic acids is 1. The summed E-state index contributed by atoms with van der Waals surface area (Å²) >= 11 is 6.18. The quantitative estimate of drug-likeness (QED) is 0.861. The Labute approximate surface area is 99.7 Å². The number of ether oxygens (including phenoxy) is 1. The fourth-order valence-corrected chi connectivity index (χ4v) is 2.11. The van der Waals surface area contributed by atoms with Crippen molar-refractivity contribution in [2.75, 3.05) is 6.54 Å². The lowest BCUT2D eigenvalue weighted by atomic mass is 10.00. The van der Waals surface area contributed by atoms with Crippen LogP contribution in [0.1, 0.15) is 29.8 Å². The molecule has 0 spiro atoms. The van der Waals surface area contributed by atoms with Crippen molar-refractivity contribution in [1.29, 1.82) is 0 Å². The summed E-state index contributed by atoms with van der Waals surface area (Å²) in [6.07, 6.45) is 0.866. The molecule has 0 atom stereocenters. The molecule has 0 saturated heterocycles. The molecular formula is C12H14ClNO2. The Balaban J connectivity index is 2.45. The Morgan fingerprint density at radius 3 is 2.88 bits per heavy atom. The molecule has 1 N–H and O–H groups in total. The summed E-state index contributed by atoms with van der Waals surface area (Å²) in [5, 5.41) is 3.20. The van der Waals surface area contributed by atoms with Gasteiger partial charge in [-0.25, -0.2) is 0 Å². The summed E-state index contributed by atoms with van der Waals surface area (Å²) in [5.74, 6) is 0.466. The van der Waals surface area contributed by atoms with Gasteiger partial charge in [-0.15, -0.1) is 0 Å². The van der Waals surface area contributed by atoms with Gasteiger partial charge in [0.1, 0.15) is 5.75 Å². The van der Waals surface area contributed by atoms with Crippen LogP contribution in [-0.4, -0.2) is 18.6 Å². The summed E-state index contributed by atoms with van der Waals surface area (Å²) in [4.78, 5) is 11.7. The maximum atomic E-state index is 11.7. The molecule has 0 bridgehead atoms. The zero-order valence-corrected chi connectivity index (χ0v) is 10.1. The fourth-order valence-electron chi connectivity index (χ4n) is 1.79. The van der Waals surface area contributed by atoms with Gasteiger partial charge in [-0.05, 0) is 31.9 Å². The molecule has 86 valence electrons. The van der Waals surface area contributed by atoms with Crippen LogP contribution in [-0.2, 0) is 6.42 Å². The molecule has 1 aliphatic heterocycles. The first kappa shape index (κ1) is 11.3. The van der Waals surface area contributed by atoms with E-state index in [1.165, 1.54) is 0 Å². The molecule has 0 aliphatic carbocycles. The van der Waals surface area contributed by atoms with Crippen LogP contribution in [0.25, 0.3) is 0 Å². The number of halogens is 1. The second kappa shape index (κ2) is 4.34. The van der Waals surface area contributed by atoms with Crippen LogP contribution in [0.5, 0.6) is 5.75 Å². The number of nitrogens with one attached hydrogen (secondary N) is 1. The second-order valence-corrected chi connectivity index (χ2v) is 4.46. The zero-order valence-electron chi connectivity index (χ0n) is 9.34. The van der Waals surface area contributed by atoms with E-state index in [1.807, 2.05) is 26.0 Å². The second-order valence-electron chi connectivity index (χ2n) is 4.08. The number of hydrogen-bond acceptors (Lipinski definition) is 2. The highest BCUT2D eigenvalue weighted by Gasteiger charge is 2.22. The molecule has 3 nitrogen and oxygen atoms in total. The van der Waals surface area contributed by atoms with Crippen molar-refractivity contribution in [3.05, 3.63) is 28.3 Å². The third-order valence-electron chi connectivity index (χ3n) is 2.46. The molecule has 1 aromatic rings. The van der Waals surface area contributed by atoms with Crippen molar-refractivity contribution in [2.24, 2.45) is 0 Å². The van der Waals surface area contributed by atoms with Crippen LogP contribution in [0.2, 0.25) is 5.02 Å². The van der Waals surface area contributed by atoms with E-state index in [-0.39, 0.29) is 12.0 Å². The Bertz CT molecular complexity index is 429. The van der Waals surface area contributed by atoms with Crippen LogP contribution >= 0.6 is 11.6 Å². The van der Waals surface area contributed by atoms with Gasteiger partial charge in [-0.2, -0.15) is 0 Å². The van der Waals surface area contributed by atoms with E-state index in [0.29, 0.717) is 22.9 Å². The monoisotopic (exact) mass is 239 g/mol. The highest BCUT2D eigenvalue weighted by atomic mass is 35.5. The van der Waals surface area contributed by atoms with Crippen LogP contribution in [0.15, 0.2) is 12.1 Å². The average molecular weight is 240 g/mol. The first-order chi connectivity index (χ1) is 7.59. The van der Waals surface area contributed by atoms with Crippen LogP contribution in [0, 0.1) is 0 Å². The van der Waals surface area contributed by atoms with Gasteiger partial charge in [0, 0.05) is 6.54 Å². The van der Waals surface area contributed by atoms with Crippen LogP contribution in [0.4, 0.5) is 0 Å².